The molecule has 1 saturated heterocycles. The van der Waals surface area contributed by atoms with Crippen molar-refractivity contribution in [1.82, 2.24) is 0 Å². The first-order valence-corrected chi connectivity index (χ1v) is 9.09. The van der Waals surface area contributed by atoms with Gasteiger partial charge in [-0.15, -0.1) is 0 Å². The molecule has 2 aromatic rings. The topological polar surface area (TPSA) is 65.1 Å². The van der Waals surface area contributed by atoms with Gasteiger partial charge in [-0.1, -0.05) is 29.4 Å². The van der Waals surface area contributed by atoms with Crippen molar-refractivity contribution in [2.45, 2.75) is 11.7 Å². The van der Waals surface area contributed by atoms with E-state index in [9.17, 15) is 9.59 Å². The van der Waals surface area contributed by atoms with E-state index in [2.05, 4.69) is 0 Å². The van der Waals surface area contributed by atoms with Gasteiger partial charge in [-0.25, -0.2) is 4.90 Å². The first kappa shape index (κ1) is 17.1. The zero-order valence-electron chi connectivity index (χ0n) is 13.7. The Bertz CT molecular complexity index is 903. The van der Waals surface area contributed by atoms with Gasteiger partial charge < -0.3 is 14.2 Å². The summed E-state index contributed by atoms with van der Waals surface area (Å²) in [5, 5.41) is -0.397. The van der Waals surface area contributed by atoms with Crippen LogP contribution in [-0.2, 0) is 11.2 Å². The minimum absolute atomic E-state index is 0.153. The van der Waals surface area contributed by atoms with Crippen molar-refractivity contribution in [3.8, 4) is 17.2 Å². The van der Waals surface area contributed by atoms with Gasteiger partial charge in [0.05, 0.1) is 18.0 Å². The molecule has 0 bridgehead atoms. The molecule has 0 radical (unpaired) electrons. The van der Waals surface area contributed by atoms with E-state index in [0.717, 1.165) is 17.3 Å². The molecule has 1 atom stereocenters. The lowest BCUT2D eigenvalue weighted by Gasteiger charge is -2.15. The molecule has 2 aliphatic rings. The van der Waals surface area contributed by atoms with Crippen LogP contribution in [0.5, 0.6) is 17.2 Å². The number of hydrogen-bond donors (Lipinski definition) is 0. The number of amides is 2. The minimum Gasteiger partial charge on any atom is -0.496 e. The number of ether oxygens (including phenoxy) is 3. The third kappa shape index (κ3) is 2.97. The lowest BCUT2D eigenvalue weighted by molar-refractivity contribution is -0.117. The van der Waals surface area contributed by atoms with Gasteiger partial charge in [0.2, 0.25) is 12.7 Å². The maximum Gasteiger partial charge on any atom is 0.293 e. The van der Waals surface area contributed by atoms with Crippen molar-refractivity contribution < 1.29 is 23.8 Å². The van der Waals surface area contributed by atoms with Crippen LogP contribution in [0.4, 0.5) is 10.5 Å². The molecule has 8 heteroatoms. The fourth-order valence-electron chi connectivity index (χ4n) is 2.95. The van der Waals surface area contributed by atoms with Crippen molar-refractivity contribution in [1.29, 1.82) is 0 Å². The molecule has 0 unspecified atom stereocenters. The van der Waals surface area contributed by atoms with E-state index in [1.807, 2.05) is 0 Å². The molecule has 1 fully saturated rings. The predicted molar refractivity (Wildman–Crippen MR) is 98.5 cm³/mol. The summed E-state index contributed by atoms with van der Waals surface area (Å²) in [4.78, 5) is 26.4. The highest BCUT2D eigenvalue weighted by atomic mass is 35.5. The van der Waals surface area contributed by atoms with E-state index in [1.165, 1.54) is 4.90 Å². The summed E-state index contributed by atoms with van der Waals surface area (Å²) >= 11 is 6.98. The van der Waals surface area contributed by atoms with Gasteiger partial charge in [0.1, 0.15) is 5.75 Å². The molecule has 2 aromatic carbocycles. The number of carbonyl (C=O) groups is 2. The molecular formula is C18H14ClNO5S. The van der Waals surface area contributed by atoms with E-state index in [0.29, 0.717) is 34.4 Å². The molecule has 4 rings (SSSR count). The van der Waals surface area contributed by atoms with Gasteiger partial charge in [-0.3, -0.25) is 9.59 Å². The second-order valence-electron chi connectivity index (χ2n) is 5.75. The number of imide groups is 1. The number of nitrogens with zero attached hydrogens (tertiary/aromatic N) is 1. The lowest BCUT2D eigenvalue weighted by atomic mass is 10.1. The summed E-state index contributed by atoms with van der Waals surface area (Å²) in [5.74, 6) is 1.53. The monoisotopic (exact) mass is 391 g/mol. The number of hydrogen-bond acceptors (Lipinski definition) is 6. The van der Waals surface area contributed by atoms with Crippen LogP contribution in [0.25, 0.3) is 0 Å². The normalized spacial score (nSPS) is 18.5. The lowest BCUT2D eigenvalue weighted by Crippen LogP contribution is -2.32. The largest absolute Gasteiger partial charge is 0.496 e. The maximum absolute atomic E-state index is 12.8. The van der Waals surface area contributed by atoms with Crippen LogP contribution >= 0.6 is 23.4 Å². The van der Waals surface area contributed by atoms with Crippen molar-refractivity contribution in [2.24, 2.45) is 0 Å². The Kier molecular flexibility index (Phi) is 4.42. The first-order chi connectivity index (χ1) is 12.6. The minimum atomic E-state index is -0.546. The van der Waals surface area contributed by atoms with Crippen LogP contribution in [0.15, 0.2) is 36.4 Å². The summed E-state index contributed by atoms with van der Waals surface area (Å²) in [5.41, 5.74) is 1.25. The Morgan fingerprint density at radius 1 is 1.23 bits per heavy atom. The predicted octanol–water partition coefficient (Wildman–Crippen LogP) is 3.89. The quantitative estimate of drug-likeness (QED) is 0.787. The summed E-state index contributed by atoms with van der Waals surface area (Å²) in [6, 6.07) is 10.2. The third-order valence-corrected chi connectivity index (χ3v) is 5.44. The van der Waals surface area contributed by atoms with Gasteiger partial charge in [0.25, 0.3) is 5.24 Å². The highest BCUT2D eigenvalue weighted by molar-refractivity contribution is 8.15. The summed E-state index contributed by atoms with van der Waals surface area (Å²) in [6.07, 6.45) is 0.339. The summed E-state index contributed by atoms with van der Waals surface area (Å²) < 4.78 is 16.1. The second-order valence-corrected chi connectivity index (χ2v) is 7.34. The molecular weight excluding hydrogens is 378 g/mol. The van der Waals surface area contributed by atoms with Crippen LogP contribution in [0.2, 0.25) is 5.02 Å². The number of methoxy groups -OCH3 is 1. The molecule has 0 spiro atoms. The first-order valence-electron chi connectivity index (χ1n) is 7.83. The van der Waals surface area contributed by atoms with Crippen molar-refractivity contribution >= 4 is 40.2 Å². The number of benzene rings is 2. The van der Waals surface area contributed by atoms with Gasteiger partial charge in [0.15, 0.2) is 11.5 Å². The number of carbonyl (C=O) groups excluding carboxylic acids is 2. The molecule has 0 saturated carbocycles. The SMILES string of the molecule is COc1cc2c(cc1C[C@H]1SC(=O)N(c3cccc(Cl)c3)C1=O)OCO2. The molecule has 2 aliphatic heterocycles. The van der Waals surface area contributed by atoms with Gasteiger partial charge in [-0.2, -0.15) is 0 Å². The summed E-state index contributed by atoms with van der Waals surface area (Å²) in [7, 11) is 1.55. The number of rotatable bonds is 4. The van der Waals surface area contributed by atoms with Crippen LogP contribution in [-0.4, -0.2) is 30.3 Å². The average molecular weight is 392 g/mol. The standard InChI is InChI=1S/C18H14ClNO5S/c1-23-13-8-15-14(24-9-25-15)5-10(13)6-16-17(21)20(18(22)26-16)12-4-2-3-11(19)7-12/h2-5,7-8,16H,6,9H2,1H3/t16-/m1/s1. The number of thioether (sulfide) groups is 1. The molecule has 134 valence electrons. The Labute approximate surface area is 159 Å². The molecule has 2 amide bonds. The highest BCUT2D eigenvalue weighted by Gasteiger charge is 2.41. The van der Waals surface area contributed by atoms with Gasteiger partial charge in [-0.05, 0) is 36.2 Å². The maximum atomic E-state index is 12.8. The van der Waals surface area contributed by atoms with E-state index in [1.54, 1.807) is 43.5 Å². The second kappa shape index (κ2) is 6.74. The van der Waals surface area contributed by atoms with Crippen molar-refractivity contribution in [2.75, 3.05) is 18.8 Å². The fourth-order valence-corrected chi connectivity index (χ4v) is 4.15. The molecule has 6 nitrogen and oxygen atoms in total. The zero-order valence-corrected chi connectivity index (χ0v) is 15.3. The van der Waals surface area contributed by atoms with Crippen LogP contribution in [0.1, 0.15) is 5.56 Å². The fraction of sp³-hybridized carbons (Fsp3) is 0.222. The number of anilines is 1. The average Bonchev–Trinajstić information content (AvgIpc) is 3.18. The van der Waals surface area contributed by atoms with Crippen molar-refractivity contribution in [3.63, 3.8) is 0 Å². The van der Waals surface area contributed by atoms with E-state index in [4.69, 9.17) is 25.8 Å². The van der Waals surface area contributed by atoms with Gasteiger partial charge in [0, 0.05) is 11.1 Å². The molecule has 0 aromatic heterocycles. The van der Waals surface area contributed by atoms with Crippen molar-refractivity contribution in [3.05, 3.63) is 47.0 Å². The summed E-state index contributed by atoms with van der Waals surface area (Å²) in [6.45, 7) is 0.153. The van der Waals surface area contributed by atoms with E-state index in [-0.39, 0.29) is 17.9 Å². The Balaban J connectivity index is 1.60. The highest BCUT2D eigenvalue weighted by Crippen LogP contribution is 2.41. The van der Waals surface area contributed by atoms with E-state index < -0.39 is 5.25 Å². The van der Waals surface area contributed by atoms with E-state index >= 15 is 0 Å². The third-order valence-electron chi connectivity index (χ3n) is 4.17. The smallest absolute Gasteiger partial charge is 0.293 e. The number of halogens is 1. The van der Waals surface area contributed by atoms with Crippen LogP contribution in [0.3, 0.4) is 0 Å². The van der Waals surface area contributed by atoms with Gasteiger partial charge >= 0.3 is 0 Å². The number of fused-ring (bicyclic) bond motifs is 1. The zero-order chi connectivity index (χ0) is 18.3. The Hall–Kier alpha value is -2.38. The molecule has 0 aliphatic carbocycles. The Morgan fingerprint density at radius 2 is 2.00 bits per heavy atom. The Morgan fingerprint density at radius 3 is 2.73 bits per heavy atom. The molecule has 26 heavy (non-hydrogen) atoms. The van der Waals surface area contributed by atoms with Crippen LogP contribution < -0.4 is 19.1 Å². The molecule has 2 heterocycles. The molecule has 0 N–H and O–H groups in total. The van der Waals surface area contributed by atoms with Crippen LogP contribution in [0, 0.1) is 0 Å².